The summed E-state index contributed by atoms with van der Waals surface area (Å²) >= 11 is 0. The van der Waals surface area contributed by atoms with E-state index in [2.05, 4.69) is 5.92 Å². The SMILES string of the molecule is C#CCO[C@H]1C[C@H](n2cc(C(F)(F)F)c(=O)[nH]c2=O)O[C@@H]1COCOC. The fourth-order valence-electron chi connectivity index (χ4n) is 2.50. The topological polar surface area (TPSA) is 91.8 Å². The van der Waals surface area contributed by atoms with Gasteiger partial charge in [0.25, 0.3) is 5.56 Å². The zero-order chi connectivity index (χ0) is 19.3. The Morgan fingerprint density at radius 1 is 1.46 bits per heavy atom. The minimum atomic E-state index is -4.91. The molecule has 0 bridgehead atoms. The Morgan fingerprint density at radius 3 is 2.81 bits per heavy atom. The largest absolute Gasteiger partial charge is 0.423 e. The predicted octanol–water partition coefficient (Wildman–Crippen LogP) is 0.482. The summed E-state index contributed by atoms with van der Waals surface area (Å²) in [5, 5.41) is 0. The van der Waals surface area contributed by atoms with Crippen molar-refractivity contribution in [2.24, 2.45) is 0 Å². The molecule has 2 rings (SSSR count). The minimum Gasteiger partial charge on any atom is -0.363 e. The smallest absolute Gasteiger partial charge is 0.363 e. The molecule has 0 radical (unpaired) electrons. The monoisotopic (exact) mass is 378 g/mol. The molecule has 0 aromatic carbocycles. The first-order valence-corrected chi connectivity index (χ1v) is 7.47. The van der Waals surface area contributed by atoms with Crippen LogP contribution in [0.4, 0.5) is 13.2 Å². The van der Waals surface area contributed by atoms with Gasteiger partial charge in [0.2, 0.25) is 0 Å². The number of nitrogens with zero attached hydrogens (tertiary/aromatic N) is 1. The lowest BCUT2D eigenvalue weighted by atomic mass is 10.2. The molecule has 0 amide bonds. The number of halogens is 3. The molecule has 3 atom stereocenters. The van der Waals surface area contributed by atoms with Gasteiger partial charge in [0.05, 0.1) is 12.7 Å². The van der Waals surface area contributed by atoms with E-state index in [1.807, 2.05) is 0 Å². The molecule has 8 nitrogen and oxygen atoms in total. The lowest BCUT2D eigenvalue weighted by Crippen LogP contribution is -2.36. The Balaban J connectivity index is 2.26. The third-order valence-corrected chi connectivity index (χ3v) is 3.63. The number of ether oxygens (including phenoxy) is 4. The fraction of sp³-hybridized carbons (Fsp3) is 0.600. The van der Waals surface area contributed by atoms with Crippen LogP contribution in [-0.4, -0.2) is 48.9 Å². The average Bonchev–Trinajstić information content (AvgIpc) is 2.94. The molecule has 26 heavy (non-hydrogen) atoms. The molecule has 1 aliphatic heterocycles. The Hall–Kier alpha value is -2.13. The van der Waals surface area contributed by atoms with E-state index >= 15 is 0 Å². The fourth-order valence-corrected chi connectivity index (χ4v) is 2.50. The molecule has 0 saturated carbocycles. The number of H-pyrrole nitrogens is 1. The summed E-state index contributed by atoms with van der Waals surface area (Å²) in [7, 11) is 1.42. The quantitative estimate of drug-likeness (QED) is 0.422. The van der Waals surface area contributed by atoms with Gasteiger partial charge < -0.3 is 18.9 Å². The number of nitrogens with one attached hydrogen (secondary N) is 1. The minimum absolute atomic E-state index is 0.0177. The second kappa shape index (κ2) is 8.50. The Kier molecular flexibility index (Phi) is 6.60. The summed E-state index contributed by atoms with van der Waals surface area (Å²) in [6.45, 7) is -0.0527. The molecular formula is C15H17F3N2O6. The standard InChI is InChI=1S/C15H17F3N2O6/c1-3-4-25-10-5-12(26-11(10)7-24-8-23-2)20-6-9(15(16,17)18)13(21)19-14(20)22/h1,6,10-12H,4-5,7-8H2,2H3,(H,19,21,22)/t10-,11+,12+/m0/s1. The van der Waals surface area contributed by atoms with E-state index in [0.29, 0.717) is 10.8 Å². The highest BCUT2D eigenvalue weighted by Gasteiger charge is 2.40. The van der Waals surface area contributed by atoms with Crippen molar-refractivity contribution in [2.75, 3.05) is 27.1 Å². The van der Waals surface area contributed by atoms with Crippen LogP contribution in [0.5, 0.6) is 0 Å². The third kappa shape index (κ3) is 4.73. The molecule has 144 valence electrons. The van der Waals surface area contributed by atoms with Crippen LogP contribution in [0.3, 0.4) is 0 Å². The summed E-state index contributed by atoms with van der Waals surface area (Å²) in [6, 6.07) is 0. The number of hydrogen-bond donors (Lipinski definition) is 1. The first kappa shape index (κ1) is 20.2. The van der Waals surface area contributed by atoms with Gasteiger partial charge in [-0.05, 0) is 0 Å². The van der Waals surface area contributed by atoms with E-state index in [9.17, 15) is 22.8 Å². The molecule has 1 N–H and O–H groups in total. The molecule has 0 spiro atoms. The van der Waals surface area contributed by atoms with E-state index in [-0.39, 0.29) is 26.4 Å². The van der Waals surface area contributed by atoms with Crippen LogP contribution in [0.1, 0.15) is 18.2 Å². The maximum atomic E-state index is 12.9. The highest BCUT2D eigenvalue weighted by molar-refractivity contribution is 5.09. The number of aromatic nitrogens is 2. The van der Waals surface area contributed by atoms with Gasteiger partial charge in [-0.1, -0.05) is 5.92 Å². The van der Waals surface area contributed by atoms with Crippen molar-refractivity contribution in [1.82, 2.24) is 9.55 Å². The second-order valence-corrected chi connectivity index (χ2v) is 5.40. The highest BCUT2D eigenvalue weighted by Crippen LogP contribution is 2.31. The van der Waals surface area contributed by atoms with Gasteiger partial charge in [-0.2, -0.15) is 13.2 Å². The maximum absolute atomic E-state index is 12.9. The van der Waals surface area contributed by atoms with Gasteiger partial charge in [0, 0.05) is 19.7 Å². The van der Waals surface area contributed by atoms with Crippen LogP contribution in [0, 0.1) is 12.3 Å². The molecule has 2 heterocycles. The molecule has 1 aliphatic rings. The van der Waals surface area contributed by atoms with E-state index in [1.54, 1.807) is 4.98 Å². The third-order valence-electron chi connectivity index (χ3n) is 3.63. The molecule has 1 saturated heterocycles. The van der Waals surface area contributed by atoms with Crippen molar-refractivity contribution < 1.29 is 32.1 Å². The Bertz CT molecular complexity index is 766. The van der Waals surface area contributed by atoms with Gasteiger partial charge in [-0.25, -0.2) is 4.79 Å². The van der Waals surface area contributed by atoms with E-state index in [1.165, 1.54) is 7.11 Å². The lowest BCUT2D eigenvalue weighted by Gasteiger charge is -2.18. The number of hydrogen-bond acceptors (Lipinski definition) is 6. The Labute approximate surface area is 145 Å². The number of terminal acetylenes is 1. The average molecular weight is 378 g/mol. The summed E-state index contributed by atoms with van der Waals surface area (Å²) in [5.41, 5.74) is -4.04. The van der Waals surface area contributed by atoms with E-state index < -0.39 is 41.4 Å². The molecule has 1 aromatic rings. The number of methoxy groups -OCH3 is 1. The highest BCUT2D eigenvalue weighted by atomic mass is 19.4. The van der Waals surface area contributed by atoms with Crippen molar-refractivity contribution in [3.63, 3.8) is 0 Å². The van der Waals surface area contributed by atoms with Gasteiger partial charge in [-0.3, -0.25) is 14.3 Å². The van der Waals surface area contributed by atoms with Crippen LogP contribution < -0.4 is 11.2 Å². The summed E-state index contributed by atoms with van der Waals surface area (Å²) in [5.74, 6) is 2.28. The van der Waals surface area contributed by atoms with Crippen LogP contribution in [0.15, 0.2) is 15.8 Å². The summed E-state index contributed by atoms with van der Waals surface area (Å²) in [6.07, 6.45) is -1.67. The first-order valence-electron chi connectivity index (χ1n) is 7.47. The van der Waals surface area contributed by atoms with Crippen molar-refractivity contribution in [1.29, 1.82) is 0 Å². The number of aromatic amines is 1. The molecule has 11 heteroatoms. The maximum Gasteiger partial charge on any atom is 0.423 e. The van der Waals surface area contributed by atoms with Crippen LogP contribution in [0.25, 0.3) is 0 Å². The van der Waals surface area contributed by atoms with Gasteiger partial charge in [-0.15, -0.1) is 6.42 Å². The molecular weight excluding hydrogens is 361 g/mol. The lowest BCUT2D eigenvalue weighted by molar-refractivity contribution is -0.140. The van der Waals surface area contributed by atoms with Crippen molar-refractivity contribution in [2.45, 2.75) is 31.0 Å². The molecule has 1 fully saturated rings. The van der Waals surface area contributed by atoms with Crippen LogP contribution in [-0.2, 0) is 25.1 Å². The zero-order valence-corrected chi connectivity index (χ0v) is 13.7. The second-order valence-electron chi connectivity index (χ2n) is 5.40. The van der Waals surface area contributed by atoms with Gasteiger partial charge in [0.15, 0.2) is 0 Å². The predicted molar refractivity (Wildman–Crippen MR) is 81.3 cm³/mol. The Morgan fingerprint density at radius 2 is 2.19 bits per heavy atom. The molecule has 1 aromatic heterocycles. The number of alkyl halides is 3. The molecule has 0 unspecified atom stereocenters. The van der Waals surface area contributed by atoms with E-state index in [0.717, 1.165) is 0 Å². The van der Waals surface area contributed by atoms with E-state index in [4.69, 9.17) is 25.4 Å². The van der Waals surface area contributed by atoms with Crippen molar-refractivity contribution >= 4 is 0 Å². The molecule has 0 aliphatic carbocycles. The van der Waals surface area contributed by atoms with Crippen LogP contribution >= 0.6 is 0 Å². The van der Waals surface area contributed by atoms with Crippen LogP contribution in [0.2, 0.25) is 0 Å². The summed E-state index contributed by atoms with van der Waals surface area (Å²) in [4.78, 5) is 25.0. The normalized spacial score (nSPS) is 23.1. The van der Waals surface area contributed by atoms with Crippen molar-refractivity contribution in [3.8, 4) is 12.3 Å². The summed E-state index contributed by atoms with van der Waals surface area (Å²) < 4.78 is 60.4. The van der Waals surface area contributed by atoms with Crippen molar-refractivity contribution in [3.05, 3.63) is 32.6 Å². The number of rotatable bonds is 7. The van der Waals surface area contributed by atoms with Gasteiger partial charge >= 0.3 is 11.9 Å². The zero-order valence-electron chi connectivity index (χ0n) is 13.7. The van der Waals surface area contributed by atoms with Gasteiger partial charge in [0.1, 0.15) is 31.3 Å². The first-order chi connectivity index (χ1) is 12.3.